The summed E-state index contributed by atoms with van der Waals surface area (Å²) in [6.07, 6.45) is 5.13. The number of anilines is 1. The van der Waals surface area contributed by atoms with E-state index in [9.17, 15) is 4.79 Å². The van der Waals surface area contributed by atoms with E-state index in [1.807, 2.05) is 36.1 Å². The Bertz CT molecular complexity index is 438. The zero-order chi connectivity index (χ0) is 12.6. The van der Waals surface area contributed by atoms with E-state index in [1.54, 1.807) is 0 Å². The number of likely N-dealkylation sites (tertiary alicyclic amines) is 1. The monoisotopic (exact) mass is 244 g/mol. The average molecular weight is 244 g/mol. The second-order valence-electron chi connectivity index (χ2n) is 5.78. The van der Waals surface area contributed by atoms with Gasteiger partial charge in [0.1, 0.15) is 0 Å². The summed E-state index contributed by atoms with van der Waals surface area (Å²) in [6, 6.07) is 8.00. The summed E-state index contributed by atoms with van der Waals surface area (Å²) < 4.78 is 0. The molecule has 0 unspecified atom stereocenters. The molecule has 1 aliphatic heterocycles. The molecule has 1 heterocycles. The van der Waals surface area contributed by atoms with Gasteiger partial charge < -0.3 is 10.2 Å². The lowest BCUT2D eigenvalue weighted by molar-refractivity contribution is 0.176. The Kier molecular flexibility index (Phi) is 2.77. The number of hydrogen-bond donors (Lipinski definition) is 1. The molecule has 1 aromatic carbocycles. The second-order valence-corrected chi connectivity index (χ2v) is 5.78. The van der Waals surface area contributed by atoms with E-state index >= 15 is 0 Å². The molecule has 1 saturated heterocycles. The van der Waals surface area contributed by atoms with Crippen LogP contribution >= 0.6 is 0 Å². The molecule has 0 bridgehead atoms. The SMILES string of the molecule is Cc1ccc(NC(=O)N2CCC3(CC2)CC3)cc1. The fourth-order valence-electron chi connectivity index (χ4n) is 2.70. The Morgan fingerprint density at radius 3 is 2.28 bits per heavy atom. The molecular weight excluding hydrogens is 224 g/mol. The quantitative estimate of drug-likeness (QED) is 0.806. The molecule has 2 aliphatic rings. The molecule has 0 radical (unpaired) electrons. The van der Waals surface area contributed by atoms with Crippen LogP contribution in [-0.4, -0.2) is 24.0 Å². The van der Waals surface area contributed by atoms with Crippen LogP contribution < -0.4 is 5.32 Å². The zero-order valence-electron chi connectivity index (χ0n) is 10.9. The molecule has 0 atom stereocenters. The van der Waals surface area contributed by atoms with Gasteiger partial charge in [-0.25, -0.2) is 4.79 Å². The number of rotatable bonds is 1. The Morgan fingerprint density at radius 2 is 1.72 bits per heavy atom. The van der Waals surface area contributed by atoms with Crippen LogP contribution in [0.2, 0.25) is 0 Å². The van der Waals surface area contributed by atoms with Gasteiger partial charge in [0.2, 0.25) is 0 Å². The lowest BCUT2D eigenvalue weighted by Crippen LogP contribution is -2.41. The summed E-state index contributed by atoms with van der Waals surface area (Å²) in [7, 11) is 0. The van der Waals surface area contributed by atoms with Crippen LogP contribution in [0.4, 0.5) is 10.5 Å². The van der Waals surface area contributed by atoms with Crippen molar-refractivity contribution >= 4 is 11.7 Å². The summed E-state index contributed by atoms with van der Waals surface area (Å²) in [5.41, 5.74) is 2.72. The van der Waals surface area contributed by atoms with Crippen molar-refractivity contribution in [3.05, 3.63) is 29.8 Å². The Balaban J connectivity index is 1.56. The number of carbonyl (C=O) groups is 1. The van der Waals surface area contributed by atoms with Gasteiger partial charge in [-0.3, -0.25) is 0 Å². The van der Waals surface area contributed by atoms with Crippen molar-refractivity contribution in [1.82, 2.24) is 4.90 Å². The maximum Gasteiger partial charge on any atom is 0.321 e. The third kappa shape index (κ3) is 2.35. The molecule has 2 amide bonds. The molecule has 1 saturated carbocycles. The van der Waals surface area contributed by atoms with Crippen LogP contribution in [-0.2, 0) is 0 Å². The number of nitrogens with one attached hydrogen (secondary N) is 1. The zero-order valence-corrected chi connectivity index (χ0v) is 10.9. The van der Waals surface area contributed by atoms with Crippen molar-refractivity contribution in [2.24, 2.45) is 5.41 Å². The number of hydrogen-bond acceptors (Lipinski definition) is 1. The first kappa shape index (κ1) is 11.6. The van der Waals surface area contributed by atoms with Gasteiger partial charge in [0.25, 0.3) is 0 Å². The van der Waals surface area contributed by atoms with E-state index in [-0.39, 0.29) is 6.03 Å². The molecule has 2 fully saturated rings. The van der Waals surface area contributed by atoms with Crippen molar-refractivity contribution in [2.75, 3.05) is 18.4 Å². The summed E-state index contributed by atoms with van der Waals surface area (Å²) in [4.78, 5) is 14.0. The van der Waals surface area contributed by atoms with Gasteiger partial charge >= 0.3 is 6.03 Å². The molecule has 96 valence electrons. The summed E-state index contributed by atoms with van der Waals surface area (Å²) >= 11 is 0. The molecule has 3 heteroatoms. The standard InChI is InChI=1S/C15H20N2O/c1-12-2-4-13(5-3-12)16-14(18)17-10-8-15(6-7-15)9-11-17/h2-5H,6-11H2,1H3,(H,16,18). The van der Waals surface area contributed by atoms with Gasteiger partial charge in [0, 0.05) is 18.8 Å². The predicted octanol–water partition coefficient (Wildman–Crippen LogP) is 3.40. The van der Waals surface area contributed by atoms with Crippen LogP contribution in [0.25, 0.3) is 0 Å². The van der Waals surface area contributed by atoms with Crippen molar-refractivity contribution in [3.63, 3.8) is 0 Å². The maximum absolute atomic E-state index is 12.1. The number of piperidine rings is 1. The van der Waals surface area contributed by atoms with Gasteiger partial charge in [-0.05, 0) is 50.2 Å². The minimum Gasteiger partial charge on any atom is -0.324 e. The van der Waals surface area contributed by atoms with Crippen LogP contribution in [0.1, 0.15) is 31.2 Å². The smallest absolute Gasteiger partial charge is 0.321 e. The van der Waals surface area contributed by atoms with E-state index in [0.29, 0.717) is 5.41 Å². The van der Waals surface area contributed by atoms with Crippen LogP contribution in [0, 0.1) is 12.3 Å². The van der Waals surface area contributed by atoms with Gasteiger partial charge in [-0.2, -0.15) is 0 Å². The first-order valence-electron chi connectivity index (χ1n) is 6.80. The first-order chi connectivity index (χ1) is 8.67. The summed E-state index contributed by atoms with van der Waals surface area (Å²) in [6.45, 7) is 3.88. The number of benzene rings is 1. The van der Waals surface area contributed by atoms with Crippen molar-refractivity contribution in [3.8, 4) is 0 Å². The lowest BCUT2D eigenvalue weighted by atomic mass is 9.94. The summed E-state index contributed by atoms with van der Waals surface area (Å²) in [5, 5.41) is 2.97. The highest BCUT2D eigenvalue weighted by atomic mass is 16.2. The largest absolute Gasteiger partial charge is 0.324 e. The molecular formula is C15H20N2O. The van der Waals surface area contributed by atoms with Gasteiger partial charge in [0.05, 0.1) is 0 Å². The highest BCUT2D eigenvalue weighted by Gasteiger charge is 2.45. The number of aryl methyl sites for hydroxylation is 1. The maximum atomic E-state index is 12.1. The Morgan fingerprint density at radius 1 is 1.11 bits per heavy atom. The van der Waals surface area contributed by atoms with Crippen LogP contribution in [0.15, 0.2) is 24.3 Å². The second kappa shape index (κ2) is 4.30. The van der Waals surface area contributed by atoms with Gasteiger partial charge in [-0.15, -0.1) is 0 Å². The third-order valence-electron chi connectivity index (χ3n) is 4.37. The molecule has 0 aromatic heterocycles. The minimum absolute atomic E-state index is 0.0503. The molecule has 1 aromatic rings. The van der Waals surface area contributed by atoms with E-state index < -0.39 is 0 Å². The normalized spacial score (nSPS) is 20.8. The van der Waals surface area contributed by atoms with Crippen molar-refractivity contribution < 1.29 is 4.79 Å². The molecule has 18 heavy (non-hydrogen) atoms. The van der Waals surface area contributed by atoms with E-state index in [1.165, 1.54) is 31.2 Å². The topological polar surface area (TPSA) is 32.3 Å². The van der Waals surface area contributed by atoms with E-state index in [2.05, 4.69) is 5.32 Å². The molecule has 1 spiro atoms. The number of urea groups is 1. The average Bonchev–Trinajstić information content (AvgIpc) is 3.12. The van der Waals surface area contributed by atoms with Gasteiger partial charge in [0.15, 0.2) is 0 Å². The van der Waals surface area contributed by atoms with Crippen molar-refractivity contribution in [2.45, 2.75) is 32.6 Å². The number of carbonyl (C=O) groups excluding carboxylic acids is 1. The van der Waals surface area contributed by atoms with E-state index in [0.717, 1.165) is 18.8 Å². The van der Waals surface area contributed by atoms with Gasteiger partial charge in [-0.1, -0.05) is 17.7 Å². The fraction of sp³-hybridized carbons (Fsp3) is 0.533. The van der Waals surface area contributed by atoms with E-state index in [4.69, 9.17) is 0 Å². The van der Waals surface area contributed by atoms with Crippen LogP contribution in [0.3, 0.4) is 0 Å². The minimum atomic E-state index is 0.0503. The van der Waals surface area contributed by atoms with Crippen molar-refractivity contribution in [1.29, 1.82) is 0 Å². The molecule has 3 rings (SSSR count). The lowest BCUT2D eigenvalue weighted by Gasteiger charge is -2.32. The number of nitrogens with zero attached hydrogens (tertiary/aromatic N) is 1. The molecule has 1 aliphatic carbocycles. The Hall–Kier alpha value is -1.51. The number of amides is 2. The third-order valence-corrected chi connectivity index (χ3v) is 4.37. The molecule has 1 N–H and O–H groups in total. The molecule has 3 nitrogen and oxygen atoms in total. The highest BCUT2D eigenvalue weighted by Crippen LogP contribution is 2.53. The fourth-order valence-corrected chi connectivity index (χ4v) is 2.70. The Labute approximate surface area is 108 Å². The summed E-state index contributed by atoms with van der Waals surface area (Å²) in [5.74, 6) is 0. The van der Waals surface area contributed by atoms with Crippen LogP contribution in [0.5, 0.6) is 0 Å². The highest BCUT2D eigenvalue weighted by molar-refractivity contribution is 5.89. The predicted molar refractivity (Wildman–Crippen MR) is 72.7 cm³/mol. The first-order valence-corrected chi connectivity index (χ1v) is 6.80.